The Labute approximate surface area is 513 Å². The van der Waals surface area contributed by atoms with Gasteiger partial charge in [0.1, 0.15) is 79.4 Å². The van der Waals surface area contributed by atoms with E-state index < -0.39 is 217 Å². The van der Waals surface area contributed by atoms with Gasteiger partial charge in [0.25, 0.3) is 0 Å². The molecule has 4 saturated heterocycles. The summed E-state index contributed by atoms with van der Waals surface area (Å²) < 4.78 is 53.0. The van der Waals surface area contributed by atoms with Crippen molar-refractivity contribution >= 4 is 17.9 Å². The highest BCUT2D eigenvalue weighted by molar-refractivity contribution is 5.91. The van der Waals surface area contributed by atoms with Crippen LogP contribution < -0.4 is 0 Å². The summed E-state index contributed by atoms with van der Waals surface area (Å²) >= 11 is 0. The van der Waals surface area contributed by atoms with Gasteiger partial charge in [-0.05, 0) is 123 Å². The summed E-state index contributed by atoms with van der Waals surface area (Å²) in [7, 11) is 0. The fourth-order valence-corrected chi connectivity index (χ4v) is 17.5. The summed E-state index contributed by atoms with van der Waals surface area (Å²) in [5.74, 6) is -6.88. The molecule has 4 heterocycles. The van der Waals surface area contributed by atoms with Crippen molar-refractivity contribution in [3.05, 3.63) is 29.3 Å². The lowest BCUT2D eigenvalue weighted by atomic mass is 9.33. The van der Waals surface area contributed by atoms with E-state index in [2.05, 4.69) is 40.7 Å². The van der Waals surface area contributed by atoms with Gasteiger partial charge in [0, 0.05) is 5.41 Å². The molecule has 9 aliphatic rings. The molecule has 2 unspecified atom stereocenters. The van der Waals surface area contributed by atoms with Gasteiger partial charge < -0.3 is 124 Å². The third kappa shape index (κ3) is 11.3. The largest absolute Gasteiger partial charge is 0.504 e. The van der Waals surface area contributed by atoms with Crippen molar-refractivity contribution < 1.29 is 139 Å². The van der Waals surface area contributed by atoms with E-state index in [1.165, 1.54) is 6.92 Å². The summed E-state index contributed by atoms with van der Waals surface area (Å²) in [6, 6.07) is 1.61. The molecule has 0 aromatic heterocycles. The van der Waals surface area contributed by atoms with Crippen LogP contribution in [0.3, 0.4) is 0 Å². The maximum absolute atomic E-state index is 15.3. The van der Waals surface area contributed by atoms with Crippen LogP contribution in [0, 0.1) is 50.2 Å². The summed E-state index contributed by atoms with van der Waals surface area (Å²) in [5.41, 5.74) is -3.24. The molecule has 4 saturated carbocycles. The minimum atomic E-state index is -2.15. The Hall–Kier alpha value is -3.99. The molecule has 1 aromatic carbocycles. The van der Waals surface area contributed by atoms with Crippen LogP contribution in [0.1, 0.15) is 123 Å². The number of carbonyl (C=O) groups excluding carboxylic acids is 2. The second-order valence-electron chi connectivity index (χ2n) is 28.4. The van der Waals surface area contributed by atoms with Gasteiger partial charge >= 0.3 is 17.9 Å². The smallest absolute Gasteiger partial charge is 0.339 e. The van der Waals surface area contributed by atoms with E-state index in [9.17, 15) is 91.3 Å². The number of fused-ring (bicyclic) bond motifs is 7. The number of aliphatic hydroxyl groups is 12. The Kier molecular flexibility index (Phi) is 18.9. The zero-order valence-corrected chi connectivity index (χ0v) is 50.8. The van der Waals surface area contributed by atoms with Crippen LogP contribution in [0.5, 0.6) is 17.2 Å². The third-order valence-corrected chi connectivity index (χ3v) is 23.0. The van der Waals surface area contributed by atoms with Gasteiger partial charge in [-0.15, -0.1) is 0 Å². The van der Waals surface area contributed by atoms with E-state index in [4.69, 9.17) is 42.6 Å². The van der Waals surface area contributed by atoms with E-state index in [0.29, 0.717) is 57.8 Å². The minimum Gasteiger partial charge on any atom is -0.504 e. The number of hydrogen-bond acceptors (Lipinski definition) is 27. The van der Waals surface area contributed by atoms with Gasteiger partial charge in [0.2, 0.25) is 6.29 Å². The minimum absolute atomic E-state index is 0.0120. The Morgan fingerprint density at radius 1 is 0.584 bits per heavy atom. The van der Waals surface area contributed by atoms with Gasteiger partial charge in [0.15, 0.2) is 48.3 Å². The second-order valence-corrected chi connectivity index (χ2v) is 28.4. The number of esters is 2. The van der Waals surface area contributed by atoms with Crippen molar-refractivity contribution in [2.45, 2.75) is 242 Å². The van der Waals surface area contributed by atoms with Crippen LogP contribution >= 0.6 is 0 Å². The first kappa shape index (κ1) is 67.9. The first-order chi connectivity index (χ1) is 41.7. The van der Waals surface area contributed by atoms with E-state index in [0.717, 1.165) is 17.7 Å². The maximum atomic E-state index is 15.3. The molecule has 0 spiro atoms. The average molecular weight is 1270 g/mol. The molecule has 28 nitrogen and oxygen atoms in total. The molecule has 16 N–H and O–H groups in total. The number of phenols is 3. The van der Waals surface area contributed by atoms with Crippen LogP contribution in [-0.4, -0.2) is 248 Å². The second kappa shape index (κ2) is 24.7. The summed E-state index contributed by atoms with van der Waals surface area (Å²) in [6.45, 7) is 12.2. The number of rotatable bonds is 14. The van der Waals surface area contributed by atoms with Crippen molar-refractivity contribution in [3.8, 4) is 17.2 Å². The zero-order valence-electron chi connectivity index (χ0n) is 50.8. The van der Waals surface area contributed by atoms with Crippen LogP contribution in [0.4, 0.5) is 0 Å². The molecule has 0 amide bonds. The fourth-order valence-electron chi connectivity index (χ4n) is 17.5. The number of aliphatic hydroxyl groups excluding tert-OH is 12. The number of phenolic OH excluding ortho intramolecular Hbond substituents is 3. The summed E-state index contributed by atoms with van der Waals surface area (Å²) in [5, 5.41) is 172. The lowest BCUT2D eigenvalue weighted by Crippen LogP contribution is -2.68. The fraction of sp³-hybridized carbons (Fsp3) is 0.820. The van der Waals surface area contributed by atoms with Crippen LogP contribution in [0.15, 0.2) is 23.8 Å². The number of aliphatic carboxylic acids is 1. The molecule has 1 aromatic rings. The number of carboxylic acids is 1. The molecular weight excluding hydrogens is 1180 g/mol. The SMILES string of the molecule is C[C@@H]1O[C@@H](O[C@H]2[C@@H](O)[C@@H](CO)O[C@@H](O[C@@H]3[C@@H](O)[C@H](OC4CC[C@@]5(C)[C@@H](CC[C@]6(C)[C@@H]5CC=C5C7CC(C)(C)CC[C@]7(C(=O)O[C@@H]7O[C@H](CO)[C@@H](O)[C@H](O)[C@H]7OC(=O)c7cc(O)c(O)c(O)c7)CC[C@]56C)[C@]4(C)CO)O[C@H](C(=O)O)[C@H]3O)[C@@H]2O)[C@H](O)[C@H](O)[C@H]1O. The molecule has 5 aliphatic carbocycles. The normalized spacial score (nSPS) is 48.7. The highest BCUT2D eigenvalue weighted by Crippen LogP contribution is 2.76. The third-order valence-electron chi connectivity index (χ3n) is 23.0. The molecule has 4 aliphatic heterocycles. The van der Waals surface area contributed by atoms with Crippen molar-refractivity contribution in [2.75, 3.05) is 19.8 Å². The number of aromatic hydroxyl groups is 3. The Bertz CT molecular complexity index is 2780. The lowest BCUT2D eigenvalue weighted by molar-refractivity contribution is -0.382. The van der Waals surface area contributed by atoms with E-state index in [1.807, 2.05) is 6.92 Å². The molecule has 8 fully saturated rings. The number of hydrogen-bond donors (Lipinski definition) is 16. The zero-order chi connectivity index (χ0) is 65.2. The predicted molar refractivity (Wildman–Crippen MR) is 298 cm³/mol. The van der Waals surface area contributed by atoms with Crippen LogP contribution in [-0.2, 0) is 52.2 Å². The first-order valence-corrected chi connectivity index (χ1v) is 30.8. The Balaban J connectivity index is 0.881. The monoisotopic (exact) mass is 1270 g/mol. The molecular formula is C61H90O28. The molecule has 28 heteroatoms. The van der Waals surface area contributed by atoms with Crippen molar-refractivity contribution in [3.63, 3.8) is 0 Å². The topological polar surface area (TPSA) is 458 Å². The molecule has 10 rings (SSSR count). The van der Waals surface area contributed by atoms with Crippen molar-refractivity contribution in [2.24, 2.45) is 50.2 Å². The quantitative estimate of drug-likeness (QED) is 0.0461. The number of carbonyl (C=O) groups is 3. The summed E-state index contributed by atoms with van der Waals surface area (Å²) in [4.78, 5) is 41.6. The van der Waals surface area contributed by atoms with Crippen LogP contribution in [0.25, 0.3) is 0 Å². The first-order valence-electron chi connectivity index (χ1n) is 30.8. The number of benzene rings is 1. The predicted octanol–water partition coefficient (Wildman–Crippen LogP) is -0.961. The van der Waals surface area contributed by atoms with Gasteiger partial charge in [0.05, 0.1) is 43.0 Å². The summed E-state index contributed by atoms with van der Waals surface area (Å²) in [6.07, 6.45) is -29.9. The molecule has 0 bridgehead atoms. The van der Waals surface area contributed by atoms with Gasteiger partial charge in [-0.3, -0.25) is 4.79 Å². The van der Waals surface area contributed by atoms with E-state index in [1.54, 1.807) is 0 Å². The van der Waals surface area contributed by atoms with Gasteiger partial charge in [-0.25, -0.2) is 9.59 Å². The maximum Gasteiger partial charge on any atom is 0.339 e. The number of carboxylic acid groups (broad SMARTS) is 1. The van der Waals surface area contributed by atoms with Crippen LogP contribution in [0.2, 0.25) is 0 Å². The highest BCUT2D eigenvalue weighted by atomic mass is 16.8. The van der Waals surface area contributed by atoms with Crippen molar-refractivity contribution in [1.29, 1.82) is 0 Å². The van der Waals surface area contributed by atoms with E-state index >= 15 is 4.79 Å². The Morgan fingerprint density at radius 3 is 1.79 bits per heavy atom. The van der Waals surface area contributed by atoms with Gasteiger partial charge in [-0.1, -0.05) is 53.2 Å². The molecule has 0 radical (unpaired) electrons. The molecule has 89 heavy (non-hydrogen) atoms. The highest BCUT2D eigenvalue weighted by Gasteiger charge is 2.71. The molecule has 502 valence electrons. The average Bonchev–Trinajstić information content (AvgIpc) is 0.678. The van der Waals surface area contributed by atoms with Gasteiger partial charge in [-0.2, -0.15) is 0 Å². The van der Waals surface area contributed by atoms with Crippen molar-refractivity contribution in [1.82, 2.24) is 0 Å². The van der Waals surface area contributed by atoms with E-state index in [-0.39, 0.29) is 29.6 Å². The molecule has 29 atom stereocenters. The lowest BCUT2D eigenvalue weighted by Gasteiger charge is -2.71. The standard InChI is InChI=1S/C61H90O28/c1-24-35(67)39(71)41(73)51(81-24)86-45-38(70)31(22-63)82-52(43(45)75)87-46-42(74)47(49(77)78)88-53(44(46)76)84-34-11-12-57(4)32(58(34,5)23-64)10-13-60(7)33(57)9-8-26-27-20-56(2,3)14-16-61(27,17-15-59(26,60)6)55(80)89-54-48(40(72)37(69)30(21-62)83-54)85-50(79)25-18-28(65)36(68)29(66)19-25/h8,18-19,24,27,30-35,37-48,51-54,62-76H,9-17,20-23H2,1-7H3,(H,77,78)/t24-,27?,30+,31+,32+,33+,34?,35-,37+,38-,39+,40-,41+,42-,43+,44+,45-,46-,47-,48+,51-,52-,53+,54-,57-,58-,59+,60+,61-/m0/s1. The number of allylic oxidation sites excluding steroid dienone is 2. The number of ether oxygens (including phenoxy) is 9. The Morgan fingerprint density at radius 2 is 1.17 bits per heavy atom.